The molecule has 1 fully saturated rings. The van der Waals surface area contributed by atoms with Gasteiger partial charge >= 0.3 is 12.0 Å². The van der Waals surface area contributed by atoms with E-state index < -0.39 is 29.4 Å². The number of carboxylic acid groups (broad SMARTS) is 1. The fourth-order valence-corrected chi connectivity index (χ4v) is 2.19. The number of carbonyl (C=O) groups is 4. The number of amides is 4. The molecule has 0 saturated carbocycles. The molecule has 1 aromatic heterocycles. The third kappa shape index (κ3) is 3.17. The molecule has 0 unspecified atom stereocenters. The van der Waals surface area contributed by atoms with Crippen LogP contribution in [0.5, 0.6) is 0 Å². The highest BCUT2D eigenvalue weighted by Crippen LogP contribution is 2.20. The van der Waals surface area contributed by atoms with E-state index >= 15 is 0 Å². The second kappa shape index (κ2) is 5.75. The van der Waals surface area contributed by atoms with Crippen LogP contribution in [0, 0.1) is 6.92 Å². The van der Waals surface area contributed by atoms with E-state index in [9.17, 15) is 19.2 Å². The fraction of sp³-hybridized carbons (Fsp3) is 0.429. The van der Waals surface area contributed by atoms with Crippen LogP contribution in [0.15, 0.2) is 10.5 Å². The molecule has 0 bridgehead atoms. The summed E-state index contributed by atoms with van der Waals surface area (Å²) < 4.78 is 5.23. The highest BCUT2D eigenvalue weighted by molar-refractivity contribution is 6.07. The second-order valence-corrected chi connectivity index (χ2v) is 5.67. The van der Waals surface area contributed by atoms with E-state index in [1.165, 1.54) is 26.8 Å². The van der Waals surface area contributed by atoms with Crippen LogP contribution < -0.4 is 10.6 Å². The molecular weight excluding hydrogens is 306 g/mol. The van der Waals surface area contributed by atoms with Crippen molar-refractivity contribution >= 4 is 23.8 Å². The van der Waals surface area contributed by atoms with E-state index in [1.54, 1.807) is 0 Å². The zero-order valence-electron chi connectivity index (χ0n) is 12.9. The quantitative estimate of drug-likeness (QED) is 0.665. The Morgan fingerprint density at radius 3 is 2.52 bits per heavy atom. The van der Waals surface area contributed by atoms with Gasteiger partial charge in [0.1, 0.15) is 29.2 Å². The summed E-state index contributed by atoms with van der Waals surface area (Å²) >= 11 is 0. The van der Waals surface area contributed by atoms with E-state index in [1.807, 2.05) is 0 Å². The molecule has 0 atom stereocenters. The Morgan fingerprint density at radius 2 is 2.04 bits per heavy atom. The molecule has 23 heavy (non-hydrogen) atoms. The van der Waals surface area contributed by atoms with Gasteiger partial charge in [-0.15, -0.1) is 0 Å². The zero-order chi connectivity index (χ0) is 17.4. The molecule has 3 N–H and O–H groups in total. The predicted octanol–water partition coefficient (Wildman–Crippen LogP) is 0.233. The molecule has 0 spiro atoms. The molecule has 1 aromatic rings. The lowest BCUT2D eigenvalue weighted by molar-refractivity contribution is -0.127. The predicted molar refractivity (Wildman–Crippen MR) is 76.6 cm³/mol. The lowest BCUT2D eigenvalue weighted by Crippen LogP contribution is -2.48. The smallest absolute Gasteiger partial charge is 0.339 e. The summed E-state index contributed by atoms with van der Waals surface area (Å²) in [6.45, 7) is 4.27. The van der Waals surface area contributed by atoms with Crippen molar-refractivity contribution in [2.75, 3.05) is 6.54 Å². The van der Waals surface area contributed by atoms with Crippen LogP contribution in [0.3, 0.4) is 0 Å². The minimum Gasteiger partial charge on any atom is -0.478 e. The van der Waals surface area contributed by atoms with Gasteiger partial charge < -0.3 is 19.7 Å². The molecule has 2 heterocycles. The number of nitrogens with zero attached hydrogens (tertiary/aromatic N) is 1. The maximum atomic E-state index is 11.9. The number of hydrogen-bond acceptors (Lipinski definition) is 5. The number of hydrogen-bond donors (Lipinski definition) is 3. The van der Waals surface area contributed by atoms with Crippen molar-refractivity contribution < 1.29 is 28.7 Å². The van der Waals surface area contributed by atoms with Gasteiger partial charge in [-0.05, 0) is 26.8 Å². The summed E-state index contributed by atoms with van der Waals surface area (Å²) in [5, 5.41) is 13.6. The highest BCUT2D eigenvalue weighted by Gasteiger charge is 2.46. The Hall–Kier alpha value is -2.84. The molecule has 0 radical (unpaired) electrons. The number of imide groups is 1. The Kier molecular flexibility index (Phi) is 4.13. The van der Waals surface area contributed by atoms with Crippen molar-refractivity contribution in [3.05, 3.63) is 23.2 Å². The summed E-state index contributed by atoms with van der Waals surface area (Å²) in [6.07, 6.45) is 0. The zero-order valence-corrected chi connectivity index (χ0v) is 12.9. The van der Waals surface area contributed by atoms with Crippen LogP contribution in [0.2, 0.25) is 0 Å². The van der Waals surface area contributed by atoms with Crippen LogP contribution in [-0.4, -0.2) is 45.9 Å². The summed E-state index contributed by atoms with van der Waals surface area (Å²) in [6, 6.07) is 0.700. The number of nitrogens with one attached hydrogen (secondary N) is 2. The van der Waals surface area contributed by atoms with E-state index in [0.717, 1.165) is 4.90 Å². The van der Waals surface area contributed by atoms with Crippen LogP contribution in [0.4, 0.5) is 4.79 Å². The number of carbonyl (C=O) groups excluding carboxylic acids is 3. The summed E-state index contributed by atoms with van der Waals surface area (Å²) in [4.78, 5) is 47.2. The summed E-state index contributed by atoms with van der Waals surface area (Å²) in [5.74, 6) is -1.54. The summed E-state index contributed by atoms with van der Waals surface area (Å²) in [7, 11) is 0. The van der Waals surface area contributed by atoms with Gasteiger partial charge in [0.15, 0.2) is 0 Å². The molecule has 2 rings (SSSR count). The van der Waals surface area contributed by atoms with Crippen molar-refractivity contribution in [2.24, 2.45) is 0 Å². The molecule has 1 aliphatic heterocycles. The van der Waals surface area contributed by atoms with Crippen molar-refractivity contribution in [2.45, 2.75) is 32.9 Å². The Labute approximate surface area is 131 Å². The number of aromatic carboxylic acids is 1. The first-order valence-corrected chi connectivity index (χ1v) is 6.85. The molecule has 4 amide bonds. The standard InChI is InChI=1S/C14H17N3O6/c1-7-9(11(19)20)4-8(23-7)5-15-10(18)6-17-13(22)16-12(21)14(17,2)3/h4H,5-6H2,1-3H3,(H,15,18)(H,19,20)(H,16,21,22). The first kappa shape index (κ1) is 16.5. The van der Waals surface area contributed by atoms with Crippen molar-refractivity contribution in [3.63, 3.8) is 0 Å². The molecule has 1 aliphatic rings. The second-order valence-electron chi connectivity index (χ2n) is 5.67. The van der Waals surface area contributed by atoms with Gasteiger partial charge in [-0.2, -0.15) is 0 Å². The number of furan rings is 1. The third-order valence-corrected chi connectivity index (χ3v) is 3.66. The van der Waals surface area contributed by atoms with Gasteiger partial charge in [-0.25, -0.2) is 9.59 Å². The topological polar surface area (TPSA) is 129 Å². The highest BCUT2D eigenvalue weighted by atomic mass is 16.4. The molecule has 1 saturated heterocycles. The Bertz CT molecular complexity index is 691. The lowest BCUT2D eigenvalue weighted by Gasteiger charge is -2.27. The molecule has 9 heteroatoms. The number of urea groups is 1. The van der Waals surface area contributed by atoms with Gasteiger partial charge in [0, 0.05) is 0 Å². The van der Waals surface area contributed by atoms with E-state index in [-0.39, 0.29) is 30.2 Å². The van der Waals surface area contributed by atoms with Crippen molar-refractivity contribution in [1.29, 1.82) is 0 Å². The molecular formula is C14H17N3O6. The molecule has 0 aliphatic carbocycles. The Balaban J connectivity index is 1.96. The first-order chi connectivity index (χ1) is 10.6. The fourth-order valence-electron chi connectivity index (χ4n) is 2.19. The maximum absolute atomic E-state index is 11.9. The van der Waals surface area contributed by atoms with E-state index in [2.05, 4.69) is 10.6 Å². The van der Waals surface area contributed by atoms with Crippen LogP contribution in [0.25, 0.3) is 0 Å². The van der Waals surface area contributed by atoms with Crippen LogP contribution >= 0.6 is 0 Å². The maximum Gasteiger partial charge on any atom is 0.339 e. The molecule has 9 nitrogen and oxygen atoms in total. The third-order valence-electron chi connectivity index (χ3n) is 3.66. The van der Waals surface area contributed by atoms with Gasteiger partial charge in [-0.1, -0.05) is 0 Å². The Morgan fingerprint density at radius 1 is 1.39 bits per heavy atom. The SMILES string of the molecule is Cc1oc(CNC(=O)CN2C(=O)NC(=O)C2(C)C)cc1C(=O)O. The van der Waals surface area contributed by atoms with Crippen molar-refractivity contribution in [3.8, 4) is 0 Å². The first-order valence-electron chi connectivity index (χ1n) is 6.85. The van der Waals surface area contributed by atoms with Crippen LogP contribution in [0.1, 0.15) is 35.7 Å². The van der Waals surface area contributed by atoms with Crippen molar-refractivity contribution in [1.82, 2.24) is 15.5 Å². The average molecular weight is 323 g/mol. The number of rotatable bonds is 5. The number of carboxylic acids is 1. The van der Waals surface area contributed by atoms with E-state index in [4.69, 9.17) is 9.52 Å². The van der Waals surface area contributed by atoms with E-state index in [0.29, 0.717) is 0 Å². The van der Waals surface area contributed by atoms with Gasteiger partial charge in [0.05, 0.1) is 6.54 Å². The minimum atomic E-state index is -1.11. The normalized spacial score (nSPS) is 16.4. The largest absolute Gasteiger partial charge is 0.478 e. The van der Waals surface area contributed by atoms with Crippen LogP contribution in [-0.2, 0) is 16.1 Å². The van der Waals surface area contributed by atoms with Gasteiger partial charge in [-0.3, -0.25) is 14.9 Å². The average Bonchev–Trinajstić information content (AvgIpc) is 2.90. The van der Waals surface area contributed by atoms with Gasteiger partial charge in [0.25, 0.3) is 5.91 Å². The monoisotopic (exact) mass is 323 g/mol. The lowest BCUT2D eigenvalue weighted by atomic mass is 10.0. The van der Waals surface area contributed by atoms with Gasteiger partial charge in [0.2, 0.25) is 5.91 Å². The molecule has 0 aromatic carbocycles. The number of aryl methyl sites for hydroxylation is 1. The minimum absolute atomic E-state index is 0.0171. The summed E-state index contributed by atoms with van der Waals surface area (Å²) in [5.41, 5.74) is -1.08. The molecule has 124 valence electrons.